The van der Waals surface area contributed by atoms with E-state index >= 15 is 0 Å². The quantitative estimate of drug-likeness (QED) is 0.362. The Labute approximate surface area is 116 Å². The van der Waals surface area contributed by atoms with Crippen LogP contribution in [0.2, 0.25) is 0 Å². The molecule has 1 aromatic heterocycles. The normalized spacial score (nSPS) is 10.9. The van der Waals surface area contributed by atoms with Gasteiger partial charge in [-0.05, 0) is 30.7 Å². The third-order valence-corrected chi connectivity index (χ3v) is 2.65. The molecule has 0 radical (unpaired) electrons. The van der Waals surface area contributed by atoms with E-state index in [9.17, 15) is 9.59 Å². The predicted octanol–water partition coefficient (Wildman–Crippen LogP) is 2.79. The number of pyridine rings is 1. The molecule has 2 aromatic rings. The maximum Gasteiger partial charge on any atom is 0.298 e. The Kier molecular flexibility index (Phi) is 4.39. The third kappa shape index (κ3) is 3.38. The Hall–Kier alpha value is -2.75. The molecule has 2 rings (SSSR count). The van der Waals surface area contributed by atoms with Gasteiger partial charge in [0.15, 0.2) is 5.76 Å². The standard InChI is InChI=1S/C16H13NO3/c1-12-9-13(7-8-17-12)10-15(20-11-18)16(19)14-5-3-2-4-6-14/h2-11H,1H3. The number of benzene rings is 1. The highest BCUT2D eigenvalue weighted by atomic mass is 16.5. The van der Waals surface area contributed by atoms with Crippen molar-refractivity contribution >= 4 is 18.3 Å². The van der Waals surface area contributed by atoms with Crippen molar-refractivity contribution in [3.63, 3.8) is 0 Å². The number of allylic oxidation sites excluding steroid dienone is 1. The number of rotatable bonds is 5. The van der Waals surface area contributed by atoms with Gasteiger partial charge < -0.3 is 4.74 Å². The summed E-state index contributed by atoms with van der Waals surface area (Å²) in [6, 6.07) is 12.2. The summed E-state index contributed by atoms with van der Waals surface area (Å²) >= 11 is 0. The maximum absolute atomic E-state index is 12.3. The topological polar surface area (TPSA) is 56.3 Å². The second-order valence-electron chi connectivity index (χ2n) is 4.15. The van der Waals surface area contributed by atoms with Crippen LogP contribution in [0.25, 0.3) is 6.08 Å². The van der Waals surface area contributed by atoms with Crippen molar-refractivity contribution in [3.05, 3.63) is 71.2 Å². The smallest absolute Gasteiger partial charge is 0.298 e. The average molecular weight is 267 g/mol. The number of Topliss-reactive ketones (excluding diaryl/α,β-unsaturated/α-hetero) is 1. The van der Waals surface area contributed by atoms with E-state index in [1.807, 2.05) is 13.0 Å². The maximum atomic E-state index is 12.3. The predicted molar refractivity (Wildman–Crippen MR) is 74.9 cm³/mol. The molecule has 4 heteroatoms. The van der Waals surface area contributed by atoms with Crippen LogP contribution in [0.4, 0.5) is 0 Å². The molecule has 0 N–H and O–H groups in total. The monoisotopic (exact) mass is 267 g/mol. The Morgan fingerprint density at radius 3 is 2.60 bits per heavy atom. The van der Waals surface area contributed by atoms with Gasteiger partial charge in [-0.2, -0.15) is 0 Å². The van der Waals surface area contributed by atoms with Crippen molar-refractivity contribution in [1.82, 2.24) is 4.98 Å². The van der Waals surface area contributed by atoms with Gasteiger partial charge in [0.2, 0.25) is 5.78 Å². The molecule has 100 valence electrons. The second kappa shape index (κ2) is 6.43. The van der Waals surface area contributed by atoms with Gasteiger partial charge in [0, 0.05) is 17.5 Å². The minimum atomic E-state index is -0.341. The zero-order valence-corrected chi connectivity index (χ0v) is 10.9. The molecule has 0 aliphatic heterocycles. The molecule has 1 aromatic carbocycles. The SMILES string of the molecule is Cc1cc(C=C(OC=O)C(=O)c2ccccc2)ccn1. The molecule has 0 aliphatic rings. The van der Waals surface area contributed by atoms with Crippen molar-refractivity contribution in [3.8, 4) is 0 Å². The van der Waals surface area contributed by atoms with Gasteiger partial charge in [-0.3, -0.25) is 14.6 Å². The van der Waals surface area contributed by atoms with Crippen molar-refractivity contribution in [2.45, 2.75) is 6.92 Å². The Bertz CT molecular complexity index is 648. The van der Waals surface area contributed by atoms with Gasteiger partial charge in [0.1, 0.15) is 0 Å². The van der Waals surface area contributed by atoms with Gasteiger partial charge in [-0.25, -0.2) is 0 Å². The average Bonchev–Trinajstić information content (AvgIpc) is 2.47. The first-order chi connectivity index (χ1) is 9.70. The minimum Gasteiger partial charge on any atom is -0.425 e. The van der Waals surface area contributed by atoms with Gasteiger partial charge in [0.05, 0.1) is 0 Å². The van der Waals surface area contributed by atoms with Crippen LogP contribution in [0, 0.1) is 6.92 Å². The number of nitrogens with zero attached hydrogens (tertiary/aromatic N) is 1. The first-order valence-electron chi connectivity index (χ1n) is 6.05. The first-order valence-corrected chi connectivity index (χ1v) is 6.05. The number of aryl methyl sites for hydroxylation is 1. The highest BCUT2D eigenvalue weighted by Gasteiger charge is 2.13. The lowest BCUT2D eigenvalue weighted by molar-refractivity contribution is -0.124. The fraction of sp³-hybridized carbons (Fsp3) is 0.0625. The zero-order chi connectivity index (χ0) is 14.4. The van der Waals surface area contributed by atoms with Crippen LogP contribution >= 0.6 is 0 Å². The summed E-state index contributed by atoms with van der Waals surface area (Å²) in [6.07, 6.45) is 3.16. The number of aromatic nitrogens is 1. The van der Waals surface area contributed by atoms with E-state index in [-0.39, 0.29) is 18.0 Å². The van der Waals surface area contributed by atoms with Crippen LogP contribution < -0.4 is 0 Å². The van der Waals surface area contributed by atoms with Crippen LogP contribution in [0.5, 0.6) is 0 Å². The van der Waals surface area contributed by atoms with E-state index in [0.29, 0.717) is 5.56 Å². The summed E-state index contributed by atoms with van der Waals surface area (Å²) in [5, 5.41) is 0. The number of carbonyl (C=O) groups is 2. The first kappa shape index (κ1) is 13.7. The highest BCUT2D eigenvalue weighted by Crippen LogP contribution is 2.14. The number of ether oxygens (including phenoxy) is 1. The lowest BCUT2D eigenvalue weighted by Crippen LogP contribution is -2.06. The summed E-state index contributed by atoms with van der Waals surface area (Å²) < 4.78 is 4.81. The molecule has 4 nitrogen and oxygen atoms in total. The summed E-state index contributed by atoms with van der Waals surface area (Å²) in [6.45, 7) is 2.09. The number of hydrogen-bond donors (Lipinski definition) is 0. The second-order valence-corrected chi connectivity index (χ2v) is 4.15. The van der Waals surface area contributed by atoms with E-state index in [1.54, 1.807) is 42.6 Å². The Balaban J connectivity index is 2.36. The van der Waals surface area contributed by atoms with Gasteiger partial charge >= 0.3 is 0 Å². The number of hydrogen-bond acceptors (Lipinski definition) is 4. The fourth-order valence-electron chi connectivity index (χ4n) is 1.75. The van der Waals surface area contributed by atoms with Crippen molar-refractivity contribution in [2.24, 2.45) is 0 Å². The summed E-state index contributed by atoms with van der Waals surface area (Å²) in [7, 11) is 0. The van der Waals surface area contributed by atoms with E-state index in [1.165, 1.54) is 6.08 Å². The fourth-order valence-corrected chi connectivity index (χ4v) is 1.75. The molecule has 0 fully saturated rings. The molecule has 0 saturated carbocycles. The van der Waals surface area contributed by atoms with Crippen LogP contribution in [-0.4, -0.2) is 17.2 Å². The van der Waals surface area contributed by atoms with E-state index in [2.05, 4.69) is 4.98 Å². The largest absolute Gasteiger partial charge is 0.425 e. The summed E-state index contributed by atoms with van der Waals surface area (Å²) in [5.74, 6) is -0.357. The molecule has 0 atom stereocenters. The van der Waals surface area contributed by atoms with Crippen LogP contribution in [0.15, 0.2) is 54.4 Å². The van der Waals surface area contributed by atoms with Gasteiger partial charge in [0.25, 0.3) is 6.47 Å². The molecule has 0 unspecified atom stereocenters. The van der Waals surface area contributed by atoms with Crippen LogP contribution in [0.3, 0.4) is 0 Å². The summed E-state index contributed by atoms with van der Waals surface area (Å²) in [4.78, 5) is 26.9. The third-order valence-electron chi connectivity index (χ3n) is 2.65. The molecule has 20 heavy (non-hydrogen) atoms. The number of ketones is 1. The van der Waals surface area contributed by atoms with Crippen molar-refractivity contribution < 1.29 is 14.3 Å². The van der Waals surface area contributed by atoms with E-state index < -0.39 is 0 Å². The molecule has 0 saturated heterocycles. The van der Waals surface area contributed by atoms with Crippen molar-refractivity contribution in [2.75, 3.05) is 0 Å². The van der Waals surface area contributed by atoms with E-state index in [4.69, 9.17) is 4.74 Å². The highest BCUT2D eigenvalue weighted by molar-refractivity contribution is 6.10. The van der Waals surface area contributed by atoms with Crippen LogP contribution in [0.1, 0.15) is 21.6 Å². The molecule has 1 heterocycles. The van der Waals surface area contributed by atoms with Crippen LogP contribution in [-0.2, 0) is 9.53 Å². The lowest BCUT2D eigenvalue weighted by Gasteiger charge is -2.04. The Morgan fingerprint density at radius 2 is 1.95 bits per heavy atom. The molecule has 0 spiro atoms. The molecular formula is C16H13NO3. The van der Waals surface area contributed by atoms with Gasteiger partial charge in [-0.15, -0.1) is 0 Å². The minimum absolute atomic E-state index is 0.0169. The summed E-state index contributed by atoms with van der Waals surface area (Å²) in [5.41, 5.74) is 2.03. The molecular weight excluding hydrogens is 254 g/mol. The number of carbonyl (C=O) groups excluding carboxylic acids is 2. The molecule has 0 amide bonds. The molecule has 0 aliphatic carbocycles. The Morgan fingerprint density at radius 1 is 1.20 bits per heavy atom. The van der Waals surface area contributed by atoms with Gasteiger partial charge in [-0.1, -0.05) is 30.3 Å². The zero-order valence-electron chi connectivity index (χ0n) is 10.9. The van der Waals surface area contributed by atoms with E-state index in [0.717, 1.165) is 11.3 Å². The van der Waals surface area contributed by atoms with Crippen molar-refractivity contribution in [1.29, 1.82) is 0 Å². The lowest BCUT2D eigenvalue weighted by atomic mass is 10.1. The molecule has 0 bridgehead atoms.